The fourth-order valence-corrected chi connectivity index (χ4v) is 8.23. The minimum Gasteiger partial charge on any atom is -0.496 e. The number of ether oxygens (including phenoxy) is 2. The van der Waals surface area contributed by atoms with Crippen molar-refractivity contribution in [2.24, 2.45) is 0 Å². The van der Waals surface area contributed by atoms with Gasteiger partial charge in [0.1, 0.15) is 23.0 Å². The number of hydrogen-bond donors (Lipinski definition) is 1. The van der Waals surface area contributed by atoms with E-state index in [0.29, 0.717) is 33.8 Å². The lowest BCUT2D eigenvalue weighted by Gasteiger charge is -2.20. The first-order valence-electron chi connectivity index (χ1n) is 15.9. The highest BCUT2D eigenvalue weighted by molar-refractivity contribution is 7.48. The molecule has 1 aliphatic heterocycles. The Morgan fingerprint density at radius 1 is 0.469 bits per heavy atom. The van der Waals surface area contributed by atoms with Crippen LogP contribution in [0.15, 0.2) is 133 Å². The van der Waals surface area contributed by atoms with E-state index in [0.717, 1.165) is 54.2 Å². The van der Waals surface area contributed by atoms with E-state index in [-0.39, 0.29) is 11.5 Å². The highest BCUT2D eigenvalue weighted by atomic mass is 31.2. The molecule has 49 heavy (non-hydrogen) atoms. The number of phosphoric ester groups is 1. The molecular weight excluding hydrogens is 631 g/mol. The Kier molecular flexibility index (Phi) is 6.66. The molecule has 0 saturated carbocycles. The molecule has 0 saturated heterocycles. The molecule has 0 fully saturated rings. The summed E-state index contributed by atoms with van der Waals surface area (Å²) in [5, 5.41) is 7.36. The topological polar surface area (TPSA) is 74.2 Å². The minimum absolute atomic E-state index is 0.240. The summed E-state index contributed by atoms with van der Waals surface area (Å²) < 4.78 is 38.7. The fraction of sp³-hybridized carbons (Fsp3) is 0.0476. The number of hydrogen-bond acceptors (Lipinski definition) is 5. The average molecular weight is 661 g/mol. The van der Waals surface area contributed by atoms with Crippen LogP contribution in [-0.2, 0) is 4.57 Å². The van der Waals surface area contributed by atoms with E-state index in [4.69, 9.17) is 18.5 Å². The van der Waals surface area contributed by atoms with Gasteiger partial charge in [-0.05, 0) is 67.4 Å². The Balaban J connectivity index is 1.49. The van der Waals surface area contributed by atoms with Crippen LogP contribution in [-0.4, -0.2) is 19.1 Å². The van der Waals surface area contributed by atoms with Gasteiger partial charge in [-0.3, -0.25) is 4.89 Å². The summed E-state index contributed by atoms with van der Waals surface area (Å²) in [6.07, 6.45) is 0. The molecule has 9 rings (SSSR count). The second-order valence-electron chi connectivity index (χ2n) is 12.1. The third-order valence-corrected chi connectivity index (χ3v) is 10.3. The van der Waals surface area contributed by atoms with Crippen LogP contribution in [0.1, 0.15) is 0 Å². The van der Waals surface area contributed by atoms with Gasteiger partial charge < -0.3 is 18.5 Å². The van der Waals surface area contributed by atoms with Crippen LogP contribution in [0.5, 0.6) is 23.0 Å². The summed E-state index contributed by atoms with van der Waals surface area (Å²) in [7, 11) is -1.54. The molecule has 0 unspecified atom stereocenters. The number of fused-ring (bicyclic) bond motifs is 7. The summed E-state index contributed by atoms with van der Waals surface area (Å²) in [5.74, 6) is 1.70. The van der Waals surface area contributed by atoms with Gasteiger partial charge in [0.05, 0.1) is 14.2 Å². The van der Waals surface area contributed by atoms with Crippen molar-refractivity contribution in [3.63, 3.8) is 0 Å². The summed E-state index contributed by atoms with van der Waals surface area (Å²) in [5.41, 5.74) is 4.05. The van der Waals surface area contributed by atoms with Crippen LogP contribution in [0.4, 0.5) is 0 Å². The summed E-state index contributed by atoms with van der Waals surface area (Å²) in [4.78, 5) is 11.7. The molecule has 0 amide bonds. The van der Waals surface area contributed by atoms with Crippen molar-refractivity contribution >= 4 is 50.9 Å². The SMILES string of the molecule is COc1ccc2ccccc2c1-c1c2c(cc3ccccc13)-c1cc3ccccc3c(-c3c(OC)ccc4ccccc34)c1OP(=O)(O)O2. The Hall–Kier alpha value is -5.81. The van der Waals surface area contributed by atoms with E-state index in [1.54, 1.807) is 14.2 Å². The first kappa shape index (κ1) is 29.3. The van der Waals surface area contributed by atoms with Gasteiger partial charge >= 0.3 is 7.82 Å². The molecule has 1 N–H and O–H groups in total. The zero-order valence-corrected chi connectivity index (χ0v) is 27.5. The van der Waals surface area contributed by atoms with Crippen molar-refractivity contribution in [2.45, 2.75) is 0 Å². The Morgan fingerprint density at radius 3 is 1.20 bits per heavy atom. The van der Waals surface area contributed by atoms with Crippen LogP contribution in [0, 0.1) is 0 Å². The van der Waals surface area contributed by atoms with Crippen molar-refractivity contribution in [3.8, 4) is 56.4 Å². The molecule has 0 aliphatic carbocycles. The maximum Gasteiger partial charge on any atom is 0.584 e. The standard InChI is InChI=1S/C42H29O6P/c1-45-35-21-19-25-11-3-7-15-29(25)37(35)39-31-17-9-5-13-27(31)23-33-34-24-28-14-6-10-18-32(28)40(42(34)48-49(43,44)47-41(33)39)38-30-16-8-4-12-26(30)20-22-36(38)46-2/h3-24H,1-2H3,(H,43,44). The first-order valence-corrected chi connectivity index (χ1v) is 17.4. The molecule has 6 nitrogen and oxygen atoms in total. The van der Waals surface area contributed by atoms with Crippen LogP contribution in [0.25, 0.3) is 76.5 Å². The van der Waals surface area contributed by atoms with Crippen molar-refractivity contribution in [2.75, 3.05) is 14.2 Å². The molecule has 1 aliphatic rings. The number of benzene rings is 8. The van der Waals surface area contributed by atoms with Crippen LogP contribution in [0.3, 0.4) is 0 Å². The molecule has 8 aromatic rings. The van der Waals surface area contributed by atoms with Gasteiger partial charge in [-0.25, -0.2) is 4.57 Å². The van der Waals surface area contributed by atoms with Gasteiger partial charge in [0.25, 0.3) is 0 Å². The van der Waals surface area contributed by atoms with Gasteiger partial charge in [0.2, 0.25) is 0 Å². The van der Waals surface area contributed by atoms with E-state index >= 15 is 0 Å². The highest BCUT2D eigenvalue weighted by Gasteiger charge is 2.38. The third-order valence-electron chi connectivity index (χ3n) is 9.43. The lowest BCUT2D eigenvalue weighted by atomic mass is 9.85. The Bertz CT molecular complexity index is 2520. The van der Waals surface area contributed by atoms with Gasteiger partial charge in [-0.15, -0.1) is 0 Å². The van der Waals surface area contributed by atoms with Gasteiger partial charge in [0.15, 0.2) is 0 Å². The van der Waals surface area contributed by atoms with E-state index in [9.17, 15) is 9.46 Å². The summed E-state index contributed by atoms with van der Waals surface area (Å²) in [6.45, 7) is 0. The molecule has 0 bridgehead atoms. The zero-order chi connectivity index (χ0) is 33.3. The Labute approximate surface area is 282 Å². The van der Waals surface area contributed by atoms with Gasteiger partial charge in [-0.1, -0.05) is 109 Å². The quantitative estimate of drug-likeness (QED) is 0.189. The second kappa shape index (κ2) is 11.1. The molecule has 7 heteroatoms. The maximum absolute atomic E-state index is 14.3. The zero-order valence-electron chi connectivity index (χ0n) is 26.6. The predicted octanol–water partition coefficient (Wildman–Crippen LogP) is 11.2. The first-order chi connectivity index (χ1) is 24.0. The molecule has 0 radical (unpaired) electrons. The normalized spacial score (nSPS) is 13.4. The fourth-order valence-electron chi connectivity index (χ4n) is 7.35. The van der Waals surface area contributed by atoms with Crippen molar-refractivity contribution in [1.29, 1.82) is 0 Å². The molecule has 8 aromatic carbocycles. The van der Waals surface area contributed by atoms with Gasteiger partial charge in [0, 0.05) is 33.4 Å². The van der Waals surface area contributed by atoms with E-state index in [2.05, 4.69) is 0 Å². The van der Waals surface area contributed by atoms with Crippen molar-refractivity contribution in [3.05, 3.63) is 133 Å². The Morgan fingerprint density at radius 2 is 0.816 bits per heavy atom. The highest BCUT2D eigenvalue weighted by Crippen LogP contribution is 2.62. The van der Waals surface area contributed by atoms with E-state index < -0.39 is 7.82 Å². The van der Waals surface area contributed by atoms with Gasteiger partial charge in [-0.2, -0.15) is 0 Å². The molecule has 238 valence electrons. The van der Waals surface area contributed by atoms with Crippen LogP contribution >= 0.6 is 7.82 Å². The average Bonchev–Trinajstić information content (AvgIpc) is 3.24. The van der Waals surface area contributed by atoms with Crippen LogP contribution in [0.2, 0.25) is 0 Å². The van der Waals surface area contributed by atoms with E-state index in [1.807, 2.05) is 133 Å². The third kappa shape index (κ3) is 4.56. The molecule has 0 spiro atoms. The maximum atomic E-state index is 14.3. The number of methoxy groups -OCH3 is 2. The lowest BCUT2D eigenvalue weighted by Crippen LogP contribution is -2.01. The largest absolute Gasteiger partial charge is 0.584 e. The number of phosphoric acid groups is 1. The minimum atomic E-state index is -4.79. The predicted molar refractivity (Wildman–Crippen MR) is 197 cm³/mol. The molecule has 1 heterocycles. The van der Waals surface area contributed by atoms with Crippen molar-refractivity contribution in [1.82, 2.24) is 0 Å². The second-order valence-corrected chi connectivity index (χ2v) is 13.4. The van der Waals surface area contributed by atoms with Crippen molar-refractivity contribution < 1.29 is 28.0 Å². The molecular formula is C42H29O6P. The molecule has 0 atom stereocenters. The van der Waals surface area contributed by atoms with Crippen LogP contribution < -0.4 is 18.5 Å². The smallest absolute Gasteiger partial charge is 0.496 e. The monoisotopic (exact) mass is 660 g/mol. The van der Waals surface area contributed by atoms with E-state index in [1.165, 1.54) is 0 Å². The molecule has 0 aromatic heterocycles. The summed E-state index contributed by atoms with van der Waals surface area (Å²) >= 11 is 0. The summed E-state index contributed by atoms with van der Waals surface area (Å²) in [6, 6.07) is 43.9. The number of rotatable bonds is 4. The lowest BCUT2D eigenvalue weighted by molar-refractivity contribution is 0.295.